The first-order chi connectivity index (χ1) is 9.76. The lowest BCUT2D eigenvalue weighted by molar-refractivity contribution is 0.103. The van der Waals surface area contributed by atoms with Crippen molar-refractivity contribution in [3.8, 4) is 0 Å². The Labute approximate surface area is 126 Å². The molecule has 110 valence electrons. The van der Waals surface area contributed by atoms with Gasteiger partial charge in [0.05, 0.1) is 11.3 Å². The molecule has 2 aromatic rings. The first-order valence-electron chi connectivity index (χ1n) is 5.84. The van der Waals surface area contributed by atoms with Crippen LogP contribution in [0.3, 0.4) is 0 Å². The van der Waals surface area contributed by atoms with Gasteiger partial charge in [-0.3, -0.25) is 9.52 Å². The van der Waals surface area contributed by atoms with Crippen LogP contribution in [0, 0.1) is 5.82 Å². The predicted octanol–water partition coefficient (Wildman–Crippen LogP) is 3.08. The van der Waals surface area contributed by atoms with Crippen LogP contribution in [0.2, 0.25) is 5.02 Å². The molecule has 7 heteroatoms. The van der Waals surface area contributed by atoms with E-state index in [0.717, 1.165) is 12.3 Å². The van der Waals surface area contributed by atoms with Crippen LogP contribution >= 0.6 is 11.6 Å². The number of nitrogens with one attached hydrogen (secondary N) is 1. The van der Waals surface area contributed by atoms with Crippen molar-refractivity contribution in [1.29, 1.82) is 0 Å². The van der Waals surface area contributed by atoms with Gasteiger partial charge in [0.2, 0.25) is 10.0 Å². The molecule has 0 radical (unpaired) electrons. The van der Waals surface area contributed by atoms with Gasteiger partial charge in [-0.15, -0.1) is 0 Å². The average Bonchev–Trinajstić information content (AvgIpc) is 2.40. The van der Waals surface area contributed by atoms with E-state index in [9.17, 15) is 17.6 Å². The summed E-state index contributed by atoms with van der Waals surface area (Å²) in [5.74, 6) is -0.927. The minimum atomic E-state index is -3.37. The Bertz CT molecular complexity index is 788. The van der Waals surface area contributed by atoms with Crippen LogP contribution in [0.25, 0.3) is 0 Å². The summed E-state index contributed by atoms with van der Waals surface area (Å²) in [4.78, 5) is 12.2. The summed E-state index contributed by atoms with van der Waals surface area (Å²) >= 11 is 5.64. The van der Waals surface area contributed by atoms with Gasteiger partial charge < -0.3 is 0 Å². The number of hydrogen-bond acceptors (Lipinski definition) is 3. The second kappa shape index (κ2) is 5.83. The molecule has 2 aromatic carbocycles. The smallest absolute Gasteiger partial charge is 0.229 e. The largest absolute Gasteiger partial charge is 0.289 e. The molecule has 0 amide bonds. The van der Waals surface area contributed by atoms with Gasteiger partial charge in [-0.05, 0) is 42.5 Å². The van der Waals surface area contributed by atoms with Gasteiger partial charge in [0.15, 0.2) is 5.78 Å². The van der Waals surface area contributed by atoms with Crippen LogP contribution in [0.5, 0.6) is 0 Å². The zero-order valence-corrected chi connectivity index (χ0v) is 12.5. The average molecular weight is 328 g/mol. The molecule has 0 unspecified atom stereocenters. The van der Waals surface area contributed by atoms with Crippen molar-refractivity contribution in [1.82, 2.24) is 0 Å². The summed E-state index contributed by atoms with van der Waals surface area (Å²) in [6, 6.07) is 9.61. The van der Waals surface area contributed by atoms with E-state index in [1.807, 2.05) is 0 Å². The van der Waals surface area contributed by atoms with Crippen molar-refractivity contribution in [2.45, 2.75) is 0 Å². The highest BCUT2D eigenvalue weighted by Crippen LogP contribution is 2.19. The number of carbonyl (C=O) groups excluding carboxylic acids is 1. The van der Waals surface area contributed by atoms with E-state index < -0.39 is 15.8 Å². The van der Waals surface area contributed by atoms with E-state index in [1.165, 1.54) is 36.4 Å². The Kier molecular flexibility index (Phi) is 4.29. The Morgan fingerprint density at radius 2 is 1.67 bits per heavy atom. The second-order valence-electron chi connectivity index (χ2n) is 4.41. The first-order valence-corrected chi connectivity index (χ1v) is 8.11. The maximum absolute atomic E-state index is 13.1. The van der Waals surface area contributed by atoms with E-state index in [4.69, 9.17) is 11.6 Å². The molecule has 0 heterocycles. The van der Waals surface area contributed by atoms with E-state index in [-0.39, 0.29) is 16.4 Å². The Balaban J connectivity index is 2.25. The highest BCUT2D eigenvalue weighted by atomic mass is 35.5. The van der Waals surface area contributed by atoms with Crippen LogP contribution in [0.4, 0.5) is 10.1 Å². The number of ketones is 1. The lowest BCUT2D eigenvalue weighted by Gasteiger charge is -2.06. The summed E-state index contributed by atoms with van der Waals surface area (Å²) in [6.45, 7) is 0. The predicted molar refractivity (Wildman–Crippen MR) is 79.8 cm³/mol. The Hall–Kier alpha value is -1.92. The summed E-state index contributed by atoms with van der Waals surface area (Å²) in [5.41, 5.74) is 0.952. The minimum Gasteiger partial charge on any atom is -0.289 e. The normalized spacial score (nSPS) is 11.2. The maximum atomic E-state index is 13.1. The van der Waals surface area contributed by atoms with Crippen LogP contribution < -0.4 is 4.72 Å². The Morgan fingerprint density at radius 1 is 1.10 bits per heavy atom. The third kappa shape index (κ3) is 4.03. The van der Waals surface area contributed by atoms with Crippen LogP contribution in [-0.4, -0.2) is 20.5 Å². The summed E-state index contributed by atoms with van der Waals surface area (Å²) < 4.78 is 37.5. The maximum Gasteiger partial charge on any atom is 0.229 e. The number of carbonyl (C=O) groups is 1. The van der Waals surface area contributed by atoms with Gasteiger partial charge in [-0.25, -0.2) is 12.8 Å². The highest BCUT2D eigenvalue weighted by molar-refractivity contribution is 7.92. The van der Waals surface area contributed by atoms with E-state index >= 15 is 0 Å². The van der Waals surface area contributed by atoms with Crippen LogP contribution in [0.1, 0.15) is 15.9 Å². The van der Waals surface area contributed by atoms with Gasteiger partial charge in [-0.2, -0.15) is 0 Å². The molecule has 0 bridgehead atoms. The van der Waals surface area contributed by atoms with Crippen molar-refractivity contribution in [2.75, 3.05) is 11.0 Å². The number of hydrogen-bond donors (Lipinski definition) is 1. The van der Waals surface area contributed by atoms with Crippen molar-refractivity contribution in [3.63, 3.8) is 0 Å². The zero-order chi connectivity index (χ0) is 15.6. The van der Waals surface area contributed by atoms with Crippen LogP contribution in [0.15, 0.2) is 42.5 Å². The SMILES string of the molecule is CS(=O)(=O)Nc1ccc(C(=O)c2ccc(F)c(Cl)c2)cc1. The van der Waals surface area contributed by atoms with Crippen LogP contribution in [-0.2, 0) is 10.0 Å². The van der Waals surface area contributed by atoms with E-state index in [0.29, 0.717) is 11.3 Å². The van der Waals surface area contributed by atoms with Crippen molar-refractivity contribution in [3.05, 3.63) is 64.4 Å². The Morgan fingerprint density at radius 3 is 2.19 bits per heavy atom. The molecule has 0 aromatic heterocycles. The lowest BCUT2D eigenvalue weighted by Crippen LogP contribution is -2.09. The van der Waals surface area contributed by atoms with Gasteiger partial charge in [-0.1, -0.05) is 11.6 Å². The number of sulfonamides is 1. The van der Waals surface area contributed by atoms with E-state index in [2.05, 4.69) is 4.72 Å². The number of halogens is 2. The summed E-state index contributed by atoms with van der Waals surface area (Å²) in [6.07, 6.45) is 1.03. The third-order valence-electron chi connectivity index (χ3n) is 2.63. The third-order valence-corrected chi connectivity index (χ3v) is 3.53. The fourth-order valence-corrected chi connectivity index (χ4v) is 2.45. The first kappa shape index (κ1) is 15.5. The zero-order valence-electron chi connectivity index (χ0n) is 10.9. The molecular formula is C14H11ClFNO3S. The molecule has 0 atom stereocenters. The monoisotopic (exact) mass is 327 g/mol. The fourth-order valence-electron chi connectivity index (χ4n) is 1.71. The number of benzene rings is 2. The van der Waals surface area contributed by atoms with Gasteiger partial charge in [0.25, 0.3) is 0 Å². The second-order valence-corrected chi connectivity index (χ2v) is 6.57. The lowest BCUT2D eigenvalue weighted by atomic mass is 10.0. The molecule has 0 saturated carbocycles. The molecule has 0 aliphatic heterocycles. The topological polar surface area (TPSA) is 63.2 Å². The molecule has 0 fully saturated rings. The molecule has 21 heavy (non-hydrogen) atoms. The highest BCUT2D eigenvalue weighted by Gasteiger charge is 2.11. The molecule has 4 nitrogen and oxygen atoms in total. The van der Waals surface area contributed by atoms with Crippen molar-refractivity contribution in [2.24, 2.45) is 0 Å². The summed E-state index contributed by atoms with van der Waals surface area (Å²) in [5, 5.41) is -0.129. The quantitative estimate of drug-likeness (QED) is 0.878. The number of rotatable bonds is 4. The minimum absolute atomic E-state index is 0.129. The molecular weight excluding hydrogens is 317 g/mol. The standard InChI is InChI=1S/C14H11ClFNO3S/c1-21(19,20)17-11-5-2-9(3-6-11)14(18)10-4-7-13(16)12(15)8-10/h2-8,17H,1H3. The van der Waals surface area contributed by atoms with Gasteiger partial charge in [0.1, 0.15) is 5.82 Å². The molecule has 0 aliphatic rings. The van der Waals surface area contributed by atoms with E-state index in [1.54, 1.807) is 0 Å². The van der Waals surface area contributed by atoms with Gasteiger partial charge in [0, 0.05) is 16.8 Å². The van der Waals surface area contributed by atoms with Crippen molar-refractivity contribution >= 4 is 33.1 Å². The van der Waals surface area contributed by atoms with Crippen molar-refractivity contribution < 1.29 is 17.6 Å². The molecule has 0 spiro atoms. The molecule has 2 rings (SSSR count). The molecule has 0 saturated heterocycles. The summed E-state index contributed by atoms with van der Waals surface area (Å²) in [7, 11) is -3.37. The molecule has 0 aliphatic carbocycles. The fraction of sp³-hybridized carbons (Fsp3) is 0.0714. The number of anilines is 1. The molecule has 1 N–H and O–H groups in total. The van der Waals surface area contributed by atoms with Gasteiger partial charge >= 0.3 is 0 Å².